The van der Waals surface area contributed by atoms with Crippen molar-refractivity contribution in [3.05, 3.63) is 89.5 Å². The molecule has 3 aromatic rings. The van der Waals surface area contributed by atoms with Crippen LogP contribution in [0.5, 0.6) is 0 Å². The highest BCUT2D eigenvalue weighted by atomic mass is 32.2. The highest BCUT2D eigenvalue weighted by Gasteiger charge is 2.21. The van der Waals surface area contributed by atoms with Gasteiger partial charge in [0.1, 0.15) is 0 Å². The Kier molecular flexibility index (Phi) is 5.11. The quantitative estimate of drug-likeness (QED) is 0.689. The Morgan fingerprint density at radius 2 is 1.59 bits per heavy atom. The van der Waals surface area contributed by atoms with Gasteiger partial charge < -0.3 is 5.32 Å². The molecule has 148 valence electrons. The Bertz CT molecular complexity index is 1140. The molecule has 3 aromatic carbocycles. The fraction of sp³-hybridized carbons (Fsp3) is 0.174. The SMILES string of the molecule is CN(c1ccccc1)S(=O)(=O)c1ccc(C(=O)Nc2ccc3c(c2)CCC3)cc1. The molecule has 0 saturated carbocycles. The molecule has 1 amide bonds. The second-order valence-corrected chi connectivity index (χ2v) is 9.09. The second kappa shape index (κ2) is 7.72. The van der Waals surface area contributed by atoms with E-state index in [0.717, 1.165) is 24.9 Å². The lowest BCUT2D eigenvalue weighted by Crippen LogP contribution is -2.26. The normalized spacial score (nSPS) is 13.0. The van der Waals surface area contributed by atoms with E-state index in [2.05, 4.69) is 11.4 Å². The Morgan fingerprint density at radius 3 is 2.31 bits per heavy atom. The van der Waals surface area contributed by atoms with Gasteiger partial charge in [-0.1, -0.05) is 24.3 Å². The van der Waals surface area contributed by atoms with E-state index in [-0.39, 0.29) is 10.8 Å². The predicted octanol–water partition coefficient (Wildman–Crippen LogP) is 4.25. The molecule has 1 aliphatic rings. The van der Waals surface area contributed by atoms with Gasteiger partial charge in [-0.15, -0.1) is 0 Å². The predicted molar refractivity (Wildman–Crippen MR) is 115 cm³/mol. The number of rotatable bonds is 5. The summed E-state index contributed by atoms with van der Waals surface area (Å²) in [5.74, 6) is -0.261. The summed E-state index contributed by atoms with van der Waals surface area (Å²) in [5, 5.41) is 2.90. The molecule has 29 heavy (non-hydrogen) atoms. The van der Waals surface area contributed by atoms with Crippen molar-refractivity contribution in [1.29, 1.82) is 0 Å². The van der Waals surface area contributed by atoms with Crippen LogP contribution in [0.1, 0.15) is 27.9 Å². The van der Waals surface area contributed by atoms with Gasteiger partial charge in [0.2, 0.25) is 0 Å². The van der Waals surface area contributed by atoms with E-state index in [1.165, 1.54) is 46.7 Å². The number of anilines is 2. The number of carbonyl (C=O) groups is 1. The van der Waals surface area contributed by atoms with E-state index in [1.807, 2.05) is 18.2 Å². The molecular formula is C23H22N2O3S. The Hall–Kier alpha value is -3.12. The molecule has 4 rings (SSSR count). The van der Waals surface area contributed by atoms with Crippen LogP contribution in [0.2, 0.25) is 0 Å². The van der Waals surface area contributed by atoms with E-state index < -0.39 is 10.0 Å². The van der Waals surface area contributed by atoms with Gasteiger partial charge >= 0.3 is 0 Å². The number of nitrogens with one attached hydrogen (secondary N) is 1. The summed E-state index contributed by atoms with van der Waals surface area (Å²) in [6, 6.07) is 20.9. The number of hydrogen-bond acceptors (Lipinski definition) is 3. The van der Waals surface area contributed by atoms with Crippen LogP contribution in [0.25, 0.3) is 0 Å². The number of carbonyl (C=O) groups excluding carboxylic acids is 1. The lowest BCUT2D eigenvalue weighted by Gasteiger charge is -2.19. The summed E-state index contributed by atoms with van der Waals surface area (Å²) in [7, 11) is -2.19. The smallest absolute Gasteiger partial charge is 0.264 e. The van der Waals surface area contributed by atoms with Gasteiger partial charge in [0.15, 0.2) is 0 Å². The zero-order valence-corrected chi connectivity index (χ0v) is 16.9. The van der Waals surface area contributed by atoms with Crippen molar-refractivity contribution in [1.82, 2.24) is 0 Å². The van der Waals surface area contributed by atoms with Gasteiger partial charge in [-0.25, -0.2) is 8.42 Å². The number of fused-ring (bicyclic) bond motifs is 1. The van der Waals surface area contributed by atoms with Crippen molar-refractivity contribution in [2.75, 3.05) is 16.7 Å². The summed E-state index contributed by atoms with van der Waals surface area (Å²) in [6.45, 7) is 0. The monoisotopic (exact) mass is 406 g/mol. The van der Waals surface area contributed by atoms with Gasteiger partial charge in [0.25, 0.3) is 15.9 Å². The zero-order valence-electron chi connectivity index (χ0n) is 16.1. The third-order valence-corrected chi connectivity index (χ3v) is 7.05. The molecule has 0 saturated heterocycles. The van der Waals surface area contributed by atoms with Crippen molar-refractivity contribution in [2.45, 2.75) is 24.2 Å². The highest BCUT2D eigenvalue weighted by Crippen LogP contribution is 2.26. The van der Waals surface area contributed by atoms with Crippen LogP contribution in [0.3, 0.4) is 0 Å². The van der Waals surface area contributed by atoms with Crippen LogP contribution in [0, 0.1) is 0 Å². The van der Waals surface area contributed by atoms with Crippen LogP contribution in [0.15, 0.2) is 77.7 Å². The maximum Gasteiger partial charge on any atom is 0.264 e. The fourth-order valence-electron chi connectivity index (χ4n) is 3.57. The number of benzene rings is 3. The minimum absolute atomic E-state index is 0.137. The second-order valence-electron chi connectivity index (χ2n) is 7.12. The number of nitrogens with zero attached hydrogens (tertiary/aromatic N) is 1. The first kappa shape index (κ1) is 19.2. The molecule has 0 aliphatic heterocycles. The largest absolute Gasteiger partial charge is 0.322 e. The Morgan fingerprint density at radius 1 is 0.897 bits per heavy atom. The lowest BCUT2D eigenvalue weighted by atomic mass is 10.1. The summed E-state index contributed by atoms with van der Waals surface area (Å²) in [6.07, 6.45) is 3.29. The Labute approximate surface area is 171 Å². The lowest BCUT2D eigenvalue weighted by molar-refractivity contribution is 0.102. The van der Waals surface area contributed by atoms with E-state index in [4.69, 9.17) is 0 Å². The molecule has 0 atom stereocenters. The van der Waals surface area contributed by atoms with Crippen molar-refractivity contribution in [3.8, 4) is 0 Å². The van der Waals surface area contributed by atoms with Gasteiger partial charge in [-0.2, -0.15) is 0 Å². The maximum atomic E-state index is 12.8. The number of amides is 1. The summed E-state index contributed by atoms with van der Waals surface area (Å²) < 4.78 is 26.9. The molecule has 5 nitrogen and oxygen atoms in total. The molecule has 0 radical (unpaired) electrons. The minimum atomic E-state index is -3.70. The molecule has 1 aliphatic carbocycles. The first-order chi connectivity index (χ1) is 13.9. The van der Waals surface area contributed by atoms with Gasteiger partial charge in [-0.3, -0.25) is 9.10 Å². The fourth-order valence-corrected chi connectivity index (χ4v) is 4.76. The van der Waals surface area contributed by atoms with Crippen molar-refractivity contribution in [3.63, 3.8) is 0 Å². The molecule has 0 fully saturated rings. The molecule has 0 heterocycles. The summed E-state index contributed by atoms with van der Waals surface area (Å²) in [5.41, 5.74) is 4.38. The molecule has 6 heteroatoms. The number of aryl methyl sites for hydroxylation is 2. The third-order valence-electron chi connectivity index (χ3n) is 5.25. The van der Waals surface area contributed by atoms with Gasteiger partial charge in [0, 0.05) is 18.3 Å². The maximum absolute atomic E-state index is 12.8. The van der Waals surface area contributed by atoms with Gasteiger partial charge in [-0.05, 0) is 78.9 Å². The molecule has 0 aromatic heterocycles. The standard InChI is InChI=1S/C23H22N2O3S/c1-25(21-8-3-2-4-9-21)29(27,28)22-14-11-18(12-15-22)23(26)24-20-13-10-17-6-5-7-19(17)16-20/h2-4,8-16H,5-7H2,1H3,(H,24,26). The van der Waals surface area contributed by atoms with Crippen LogP contribution >= 0.6 is 0 Å². The van der Waals surface area contributed by atoms with E-state index >= 15 is 0 Å². The Balaban J connectivity index is 1.50. The van der Waals surface area contributed by atoms with Crippen LogP contribution in [-0.4, -0.2) is 21.4 Å². The molecule has 0 spiro atoms. The summed E-state index contributed by atoms with van der Waals surface area (Å²) >= 11 is 0. The topological polar surface area (TPSA) is 66.5 Å². The third kappa shape index (κ3) is 3.89. The van der Waals surface area contributed by atoms with E-state index in [1.54, 1.807) is 24.3 Å². The average Bonchev–Trinajstić information content (AvgIpc) is 3.22. The number of hydrogen-bond donors (Lipinski definition) is 1. The van der Waals surface area contributed by atoms with E-state index in [0.29, 0.717) is 11.3 Å². The van der Waals surface area contributed by atoms with Crippen molar-refractivity contribution in [2.24, 2.45) is 0 Å². The summed E-state index contributed by atoms with van der Waals surface area (Å²) in [4.78, 5) is 12.7. The molecule has 1 N–H and O–H groups in total. The van der Waals surface area contributed by atoms with E-state index in [9.17, 15) is 13.2 Å². The van der Waals surface area contributed by atoms with Crippen molar-refractivity contribution >= 4 is 27.3 Å². The molecular weight excluding hydrogens is 384 g/mol. The first-order valence-corrected chi connectivity index (χ1v) is 11.0. The average molecular weight is 407 g/mol. The van der Waals surface area contributed by atoms with Gasteiger partial charge in [0.05, 0.1) is 10.6 Å². The first-order valence-electron chi connectivity index (χ1n) is 9.52. The van der Waals surface area contributed by atoms with Crippen LogP contribution < -0.4 is 9.62 Å². The minimum Gasteiger partial charge on any atom is -0.322 e. The number of sulfonamides is 1. The molecule has 0 unspecified atom stereocenters. The van der Waals surface area contributed by atoms with Crippen molar-refractivity contribution < 1.29 is 13.2 Å². The van der Waals surface area contributed by atoms with Crippen LogP contribution in [0.4, 0.5) is 11.4 Å². The molecule has 0 bridgehead atoms. The van der Waals surface area contributed by atoms with Crippen LogP contribution in [-0.2, 0) is 22.9 Å². The highest BCUT2D eigenvalue weighted by molar-refractivity contribution is 7.92. The zero-order chi connectivity index (χ0) is 20.4. The number of para-hydroxylation sites is 1.